The Kier molecular flexibility index (Phi) is 13.2. The topological polar surface area (TPSA) is 92.5 Å². The van der Waals surface area contributed by atoms with E-state index in [4.69, 9.17) is 16.3 Å². The summed E-state index contributed by atoms with van der Waals surface area (Å²) in [7, 11) is 4.03. The van der Waals surface area contributed by atoms with Crippen molar-refractivity contribution in [2.45, 2.75) is 63.6 Å². The van der Waals surface area contributed by atoms with Crippen LogP contribution in [0.2, 0.25) is 5.02 Å². The highest BCUT2D eigenvalue weighted by molar-refractivity contribution is 6.30. The van der Waals surface area contributed by atoms with E-state index in [1.807, 2.05) is 54.9 Å². The number of aromatic nitrogens is 3. The Morgan fingerprint density at radius 3 is 2.43 bits per heavy atom. The molecular weight excluding hydrogens is 574 g/mol. The fraction of sp³-hybridized carbons (Fsp3) is 0.457. The summed E-state index contributed by atoms with van der Waals surface area (Å²) in [5.74, 6) is 0. The summed E-state index contributed by atoms with van der Waals surface area (Å²) in [5, 5.41) is 15.4. The van der Waals surface area contributed by atoms with Crippen LogP contribution >= 0.6 is 11.6 Å². The molecule has 1 atom stereocenters. The van der Waals surface area contributed by atoms with Gasteiger partial charge in [0.1, 0.15) is 11.2 Å². The minimum atomic E-state index is -1.22. The predicted molar refractivity (Wildman–Crippen MR) is 178 cm³/mol. The number of fused-ring (bicyclic) bond motifs is 2. The third-order valence-corrected chi connectivity index (χ3v) is 8.60. The Morgan fingerprint density at radius 2 is 1.84 bits per heavy atom. The summed E-state index contributed by atoms with van der Waals surface area (Å²) < 4.78 is 6.82. The monoisotopic (exact) mass is 619 g/mol. The molecule has 1 aliphatic heterocycles. The Labute approximate surface area is 267 Å². The summed E-state index contributed by atoms with van der Waals surface area (Å²) >= 11 is 6.27. The van der Waals surface area contributed by atoms with Crippen molar-refractivity contribution in [2.75, 3.05) is 33.2 Å². The Hall–Kier alpha value is -3.48. The largest absolute Gasteiger partial charge is 0.462 e. The first-order chi connectivity index (χ1) is 21.1. The first-order valence-corrected chi connectivity index (χ1v) is 15.5. The van der Waals surface area contributed by atoms with Crippen LogP contribution in [-0.2, 0) is 28.6 Å². The summed E-state index contributed by atoms with van der Waals surface area (Å²) in [4.78, 5) is 21.1. The highest BCUT2D eigenvalue weighted by Crippen LogP contribution is 2.42. The standard InChI is InChI=1S/C20H18ClN3O.C8H14O2.C5H12N2.C2H2/c1-20(25,19-11-22-12-24(19)2)17-8-14-4-3-7-23-18(14)9-13-5-6-15(21)10-16(13)17;1-8(10-7-9)5-3-2-4-6-8;1-7-4-2-6-3-5-7;1-2/h3-8,10-12,25H,9H2,1-2H3;7H,2-6H2,1H3;6H,2-5H2,1H3;1-2H. The van der Waals surface area contributed by atoms with Gasteiger partial charge in [-0.05, 0) is 93.1 Å². The van der Waals surface area contributed by atoms with Crippen molar-refractivity contribution in [3.8, 4) is 12.8 Å². The molecule has 9 heteroatoms. The fourth-order valence-electron chi connectivity index (χ4n) is 5.77. The second-order valence-corrected chi connectivity index (χ2v) is 12.3. The molecule has 3 aromatic rings. The van der Waals surface area contributed by atoms with Gasteiger partial charge in [-0.25, -0.2) is 4.98 Å². The zero-order chi connectivity index (χ0) is 32.2. The molecule has 3 heterocycles. The van der Waals surface area contributed by atoms with Gasteiger partial charge in [-0.1, -0.05) is 30.2 Å². The molecule has 2 aliphatic carbocycles. The highest BCUT2D eigenvalue weighted by Gasteiger charge is 2.34. The number of nitrogens with zero attached hydrogens (tertiary/aromatic N) is 4. The Balaban J connectivity index is 0.000000228. The van der Waals surface area contributed by atoms with Gasteiger partial charge in [-0.15, -0.1) is 12.8 Å². The molecule has 6 rings (SSSR count). The molecule has 44 heavy (non-hydrogen) atoms. The minimum Gasteiger partial charge on any atom is -0.462 e. The number of pyridine rings is 1. The third kappa shape index (κ3) is 9.26. The SMILES string of the molecule is C#C.CC1(OC=O)CCCCC1.CN1CCNCC1.Cn1cncc1C(C)(O)C1=Cc2cccnc2Cc2ccc(Cl)cc21. The number of likely N-dealkylation sites (N-methyl/N-ethyl adjacent to an activating group) is 1. The van der Waals surface area contributed by atoms with Gasteiger partial charge < -0.3 is 24.6 Å². The maximum absolute atomic E-state index is 11.5. The zero-order valence-electron chi connectivity index (χ0n) is 26.4. The van der Waals surface area contributed by atoms with Gasteiger partial charge in [0, 0.05) is 50.9 Å². The maximum Gasteiger partial charge on any atom is 0.293 e. The van der Waals surface area contributed by atoms with Crippen LogP contribution in [0.25, 0.3) is 11.6 Å². The molecule has 1 saturated heterocycles. The van der Waals surface area contributed by atoms with Crippen LogP contribution < -0.4 is 5.32 Å². The average Bonchev–Trinajstić information content (AvgIpc) is 3.39. The van der Waals surface area contributed by atoms with E-state index in [0.717, 1.165) is 59.6 Å². The number of aliphatic hydroxyl groups is 1. The number of carbonyl (C=O) groups excluding carboxylic acids is 1. The van der Waals surface area contributed by atoms with Crippen LogP contribution in [-0.4, -0.2) is 69.8 Å². The fourth-order valence-corrected chi connectivity index (χ4v) is 5.95. The van der Waals surface area contributed by atoms with Gasteiger partial charge in [0.2, 0.25) is 0 Å². The normalized spacial score (nSPS) is 18.3. The van der Waals surface area contributed by atoms with Gasteiger partial charge in [-0.2, -0.15) is 0 Å². The molecule has 0 spiro atoms. The number of nitrogens with one attached hydrogen (secondary N) is 1. The lowest BCUT2D eigenvalue weighted by atomic mass is 9.84. The van der Waals surface area contributed by atoms with E-state index in [-0.39, 0.29) is 5.60 Å². The molecule has 2 fully saturated rings. The van der Waals surface area contributed by atoms with Gasteiger partial charge >= 0.3 is 0 Å². The number of benzene rings is 1. The summed E-state index contributed by atoms with van der Waals surface area (Å²) in [6.45, 7) is 9.13. The molecule has 2 N–H and O–H groups in total. The molecule has 1 unspecified atom stereocenters. The maximum atomic E-state index is 11.5. The van der Waals surface area contributed by atoms with Crippen molar-refractivity contribution < 1.29 is 14.6 Å². The van der Waals surface area contributed by atoms with Crippen molar-refractivity contribution >= 4 is 29.7 Å². The van der Waals surface area contributed by atoms with E-state index < -0.39 is 5.60 Å². The van der Waals surface area contributed by atoms with Gasteiger partial charge in [0.25, 0.3) is 6.47 Å². The van der Waals surface area contributed by atoms with Gasteiger partial charge in [-0.3, -0.25) is 9.78 Å². The lowest BCUT2D eigenvalue weighted by Crippen LogP contribution is -2.40. The molecule has 0 amide bonds. The lowest BCUT2D eigenvalue weighted by Gasteiger charge is -2.31. The number of hydrogen-bond acceptors (Lipinski definition) is 7. The quantitative estimate of drug-likeness (QED) is 0.295. The molecule has 236 valence electrons. The van der Waals surface area contributed by atoms with Crippen molar-refractivity contribution in [1.82, 2.24) is 24.8 Å². The van der Waals surface area contributed by atoms with Gasteiger partial charge in [0.15, 0.2) is 0 Å². The number of imidazole rings is 1. The number of piperazine rings is 1. The Bertz CT molecular complexity index is 1400. The zero-order valence-corrected chi connectivity index (χ0v) is 27.2. The average molecular weight is 620 g/mol. The number of halogens is 1. The number of aryl methyl sites for hydroxylation is 1. The number of ether oxygens (including phenoxy) is 1. The van der Waals surface area contributed by atoms with Gasteiger partial charge in [0.05, 0.1) is 23.9 Å². The van der Waals surface area contributed by atoms with Crippen LogP contribution in [0.1, 0.15) is 74.0 Å². The van der Waals surface area contributed by atoms with Crippen molar-refractivity contribution in [3.63, 3.8) is 0 Å². The highest BCUT2D eigenvalue weighted by atomic mass is 35.5. The van der Waals surface area contributed by atoms with Crippen molar-refractivity contribution in [3.05, 3.63) is 82.2 Å². The molecule has 0 radical (unpaired) electrons. The molecule has 0 bridgehead atoms. The number of hydrogen-bond donors (Lipinski definition) is 2. The van der Waals surface area contributed by atoms with Crippen LogP contribution in [0, 0.1) is 12.8 Å². The molecule has 3 aliphatic rings. The predicted octanol–water partition coefficient (Wildman–Crippen LogP) is 5.47. The summed E-state index contributed by atoms with van der Waals surface area (Å²) in [6, 6.07) is 9.74. The van der Waals surface area contributed by atoms with E-state index in [2.05, 4.69) is 40.1 Å². The first kappa shape index (κ1) is 35.0. The number of carbonyl (C=O) groups is 1. The van der Waals surface area contributed by atoms with Crippen LogP contribution in [0.5, 0.6) is 0 Å². The number of terminal acetylenes is 1. The molecule has 1 saturated carbocycles. The van der Waals surface area contributed by atoms with Crippen LogP contribution in [0.3, 0.4) is 0 Å². The Morgan fingerprint density at radius 1 is 1.14 bits per heavy atom. The summed E-state index contributed by atoms with van der Waals surface area (Å²) in [6.07, 6.45) is 21.6. The second kappa shape index (κ2) is 16.6. The van der Waals surface area contributed by atoms with E-state index >= 15 is 0 Å². The van der Waals surface area contributed by atoms with Crippen molar-refractivity contribution in [1.29, 1.82) is 0 Å². The number of rotatable bonds is 4. The lowest BCUT2D eigenvalue weighted by molar-refractivity contribution is -0.144. The second-order valence-electron chi connectivity index (χ2n) is 11.8. The molecule has 2 aromatic heterocycles. The van der Waals surface area contributed by atoms with E-state index in [1.165, 1.54) is 32.4 Å². The first-order valence-electron chi connectivity index (χ1n) is 15.1. The summed E-state index contributed by atoms with van der Waals surface area (Å²) in [5.41, 5.74) is 4.18. The molecule has 1 aromatic carbocycles. The van der Waals surface area contributed by atoms with Crippen molar-refractivity contribution in [2.24, 2.45) is 7.05 Å². The minimum absolute atomic E-state index is 0.139. The molecule has 8 nitrogen and oxygen atoms in total. The van der Waals surface area contributed by atoms with Crippen LogP contribution in [0.4, 0.5) is 0 Å². The smallest absolute Gasteiger partial charge is 0.293 e. The van der Waals surface area contributed by atoms with E-state index in [1.54, 1.807) is 25.6 Å². The third-order valence-electron chi connectivity index (χ3n) is 8.37. The van der Waals surface area contributed by atoms with E-state index in [9.17, 15) is 9.90 Å². The molecular formula is C35H46ClN5O3. The van der Waals surface area contributed by atoms with E-state index in [0.29, 0.717) is 17.9 Å². The van der Waals surface area contributed by atoms with Crippen LogP contribution in [0.15, 0.2) is 49.1 Å².